The van der Waals surface area contributed by atoms with Crippen LogP contribution in [0.2, 0.25) is 0 Å². The molecular weight excluding hydrogens is 310 g/mol. The van der Waals surface area contributed by atoms with E-state index in [2.05, 4.69) is 20.4 Å². The number of carbonyl (C=O) groups excluding carboxylic acids is 2. The number of primary amides is 1. The highest BCUT2D eigenvalue weighted by molar-refractivity contribution is 5.92. The smallest absolute Gasteiger partial charge is 0.252 e. The maximum atomic E-state index is 12.1. The quantitative estimate of drug-likeness (QED) is 0.765. The van der Waals surface area contributed by atoms with E-state index in [0.717, 1.165) is 17.1 Å². The predicted octanol–water partition coefficient (Wildman–Crippen LogP) is -0.0568. The van der Waals surface area contributed by atoms with Crippen LogP contribution in [0.3, 0.4) is 0 Å². The number of amides is 2. The van der Waals surface area contributed by atoms with E-state index < -0.39 is 5.91 Å². The van der Waals surface area contributed by atoms with Gasteiger partial charge in [0, 0.05) is 17.5 Å². The Hall–Kier alpha value is -2.81. The third-order valence-electron chi connectivity index (χ3n) is 3.10. The van der Waals surface area contributed by atoms with Crippen LogP contribution >= 0.6 is 0 Å². The van der Waals surface area contributed by atoms with Crippen LogP contribution in [0.1, 0.15) is 17.1 Å². The van der Waals surface area contributed by atoms with E-state index in [1.165, 1.54) is 9.58 Å². The zero-order valence-corrected chi connectivity index (χ0v) is 14.2. The molecule has 9 heteroatoms. The summed E-state index contributed by atoms with van der Waals surface area (Å²) in [4.78, 5) is 33.2. The van der Waals surface area contributed by atoms with Crippen molar-refractivity contribution in [2.24, 2.45) is 5.73 Å². The van der Waals surface area contributed by atoms with Crippen LogP contribution < -0.4 is 11.1 Å². The van der Waals surface area contributed by atoms with Gasteiger partial charge < -0.3 is 11.1 Å². The Kier molecular flexibility index (Phi) is 5.24. The molecule has 0 bridgehead atoms. The van der Waals surface area contributed by atoms with Gasteiger partial charge in [-0.15, -0.1) is 0 Å². The molecule has 0 aliphatic heterocycles. The molecule has 0 fully saturated rings. The maximum Gasteiger partial charge on any atom is 0.252 e. The molecular formula is C15H21N7O2. The summed E-state index contributed by atoms with van der Waals surface area (Å²) < 4.78 is 1.49. The average molecular weight is 331 g/mol. The number of anilines is 1. The van der Waals surface area contributed by atoms with Crippen LogP contribution in [0.25, 0.3) is 5.95 Å². The minimum absolute atomic E-state index is 0.00585. The fourth-order valence-electron chi connectivity index (χ4n) is 2.29. The van der Waals surface area contributed by atoms with Crippen LogP contribution in [0.15, 0.2) is 12.1 Å². The number of carbonyl (C=O) groups is 2. The monoisotopic (exact) mass is 331 g/mol. The van der Waals surface area contributed by atoms with Crippen molar-refractivity contribution < 1.29 is 9.59 Å². The van der Waals surface area contributed by atoms with Gasteiger partial charge in [-0.2, -0.15) is 9.78 Å². The number of likely N-dealkylation sites (N-methyl/N-ethyl adjacent to an activating group) is 1. The van der Waals surface area contributed by atoms with E-state index >= 15 is 0 Å². The molecule has 128 valence electrons. The van der Waals surface area contributed by atoms with Crippen molar-refractivity contribution in [2.75, 3.05) is 25.5 Å². The lowest BCUT2D eigenvalue weighted by atomic mass is 10.4. The molecule has 0 saturated heterocycles. The minimum Gasteiger partial charge on any atom is -0.369 e. The van der Waals surface area contributed by atoms with Crippen LogP contribution in [-0.4, -0.2) is 56.6 Å². The van der Waals surface area contributed by atoms with Gasteiger partial charge in [0.2, 0.25) is 11.8 Å². The molecule has 9 nitrogen and oxygen atoms in total. The molecule has 0 aliphatic rings. The van der Waals surface area contributed by atoms with E-state index in [1.54, 1.807) is 13.1 Å². The topological polar surface area (TPSA) is 119 Å². The maximum absolute atomic E-state index is 12.1. The second-order valence-corrected chi connectivity index (χ2v) is 5.72. The third kappa shape index (κ3) is 4.59. The van der Waals surface area contributed by atoms with Gasteiger partial charge in [0.15, 0.2) is 0 Å². The number of nitrogens with zero attached hydrogens (tertiary/aromatic N) is 5. The molecule has 3 N–H and O–H groups in total. The lowest BCUT2D eigenvalue weighted by Gasteiger charge is -2.14. The molecule has 2 heterocycles. The SMILES string of the molecule is Cc1cc(C)nc(-n2nc(C)cc2NC(=O)CN(C)CC(N)=O)n1. The zero-order valence-electron chi connectivity index (χ0n) is 14.2. The highest BCUT2D eigenvalue weighted by Crippen LogP contribution is 2.15. The van der Waals surface area contributed by atoms with Crippen molar-refractivity contribution in [3.8, 4) is 5.95 Å². The minimum atomic E-state index is -0.491. The summed E-state index contributed by atoms with van der Waals surface area (Å²) in [5, 5.41) is 7.09. The zero-order chi connectivity index (χ0) is 17.9. The van der Waals surface area contributed by atoms with Crippen molar-refractivity contribution >= 4 is 17.6 Å². The Morgan fingerprint density at radius 3 is 2.33 bits per heavy atom. The lowest BCUT2D eigenvalue weighted by molar-refractivity contribution is -0.120. The number of hydrogen-bond donors (Lipinski definition) is 2. The van der Waals surface area contributed by atoms with E-state index in [9.17, 15) is 9.59 Å². The number of hydrogen-bond acceptors (Lipinski definition) is 6. The molecule has 0 saturated carbocycles. The molecule has 0 aliphatic carbocycles. The summed E-state index contributed by atoms with van der Waals surface area (Å²) in [7, 11) is 1.64. The largest absolute Gasteiger partial charge is 0.369 e. The molecule has 0 radical (unpaired) electrons. The standard InChI is InChI=1S/C15H21N7O2/c1-9-5-10(2)18-15(17-9)22-13(6-11(3)20-22)19-14(24)8-21(4)7-12(16)23/h5-6H,7-8H2,1-4H3,(H2,16,23)(H,19,24). The summed E-state index contributed by atoms with van der Waals surface area (Å²) in [6.45, 7) is 5.58. The lowest BCUT2D eigenvalue weighted by Crippen LogP contribution is -2.36. The first-order chi connectivity index (χ1) is 11.2. The van der Waals surface area contributed by atoms with E-state index in [0.29, 0.717) is 11.8 Å². The van der Waals surface area contributed by atoms with Gasteiger partial charge in [-0.05, 0) is 33.9 Å². The Morgan fingerprint density at radius 1 is 1.12 bits per heavy atom. The molecule has 2 amide bonds. The Morgan fingerprint density at radius 2 is 1.75 bits per heavy atom. The average Bonchev–Trinajstić information content (AvgIpc) is 2.76. The first kappa shape index (κ1) is 17.5. The second-order valence-electron chi connectivity index (χ2n) is 5.72. The summed E-state index contributed by atoms with van der Waals surface area (Å²) >= 11 is 0. The van der Waals surface area contributed by atoms with E-state index in [-0.39, 0.29) is 19.0 Å². The fraction of sp³-hybridized carbons (Fsp3) is 0.400. The molecule has 2 aromatic heterocycles. The normalized spacial score (nSPS) is 10.9. The van der Waals surface area contributed by atoms with Crippen LogP contribution in [-0.2, 0) is 9.59 Å². The Balaban J connectivity index is 2.20. The van der Waals surface area contributed by atoms with Gasteiger partial charge >= 0.3 is 0 Å². The van der Waals surface area contributed by atoms with Gasteiger partial charge in [0.25, 0.3) is 5.95 Å². The molecule has 0 atom stereocenters. The summed E-state index contributed by atoms with van der Waals surface area (Å²) in [5.74, 6) is 0.0791. The molecule has 0 aromatic carbocycles. The number of nitrogens with one attached hydrogen (secondary N) is 1. The highest BCUT2D eigenvalue weighted by atomic mass is 16.2. The number of aromatic nitrogens is 4. The number of rotatable bonds is 6. The first-order valence-electron chi connectivity index (χ1n) is 7.40. The van der Waals surface area contributed by atoms with Gasteiger partial charge in [0.1, 0.15) is 5.82 Å². The second kappa shape index (κ2) is 7.18. The van der Waals surface area contributed by atoms with Crippen molar-refractivity contribution in [2.45, 2.75) is 20.8 Å². The van der Waals surface area contributed by atoms with E-state index in [4.69, 9.17) is 5.73 Å². The van der Waals surface area contributed by atoms with Crippen molar-refractivity contribution in [1.82, 2.24) is 24.6 Å². The molecule has 0 unspecified atom stereocenters. The van der Waals surface area contributed by atoms with Crippen LogP contribution in [0.4, 0.5) is 5.82 Å². The van der Waals surface area contributed by atoms with Crippen molar-refractivity contribution in [1.29, 1.82) is 0 Å². The van der Waals surface area contributed by atoms with Gasteiger partial charge in [0.05, 0.1) is 18.8 Å². The van der Waals surface area contributed by atoms with E-state index in [1.807, 2.05) is 26.8 Å². The number of aryl methyl sites for hydroxylation is 3. The van der Waals surface area contributed by atoms with Gasteiger partial charge in [-0.25, -0.2) is 9.97 Å². The highest BCUT2D eigenvalue weighted by Gasteiger charge is 2.15. The molecule has 2 rings (SSSR count). The summed E-state index contributed by atoms with van der Waals surface area (Å²) in [5.41, 5.74) is 7.45. The third-order valence-corrected chi connectivity index (χ3v) is 3.10. The molecule has 2 aromatic rings. The molecule has 24 heavy (non-hydrogen) atoms. The van der Waals surface area contributed by atoms with Crippen molar-refractivity contribution in [3.63, 3.8) is 0 Å². The number of nitrogens with two attached hydrogens (primary N) is 1. The fourth-order valence-corrected chi connectivity index (χ4v) is 2.29. The summed E-state index contributed by atoms with van der Waals surface area (Å²) in [6.07, 6.45) is 0. The van der Waals surface area contributed by atoms with Crippen LogP contribution in [0.5, 0.6) is 0 Å². The molecule has 0 spiro atoms. The summed E-state index contributed by atoms with van der Waals surface area (Å²) in [6, 6.07) is 3.59. The Bertz CT molecular complexity index is 749. The van der Waals surface area contributed by atoms with Crippen molar-refractivity contribution in [3.05, 3.63) is 29.2 Å². The predicted molar refractivity (Wildman–Crippen MR) is 88.7 cm³/mol. The van der Waals surface area contributed by atoms with Gasteiger partial charge in [-0.3, -0.25) is 14.5 Å². The Labute approximate surface area is 139 Å². The first-order valence-corrected chi connectivity index (χ1v) is 7.40. The van der Waals surface area contributed by atoms with Gasteiger partial charge in [-0.1, -0.05) is 0 Å². The van der Waals surface area contributed by atoms with Crippen LogP contribution in [0, 0.1) is 20.8 Å².